The summed E-state index contributed by atoms with van der Waals surface area (Å²) in [4.78, 5) is 3.53. The van der Waals surface area contributed by atoms with Crippen molar-refractivity contribution in [1.82, 2.24) is 4.98 Å². The van der Waals surface area contributed by atoms with Crippen LogP contribution in [0, 0.1) is 5.21 Å². The molecule has 0 saturated heterocycles. The molecule has 1 aromatic rings. The molecule has 0 saturated carbocycles. The van der Waals surface area contributed by atoms with Crippen LogP contribution in [0.4, 0.5) is 0 Å². The van der Waals surface area contributed by atoms with E-state index in [2.05, 4.69) is 4.98 Å². The molecule has 0 unspecified atom stereocenters. The van der Waals surface area contributed by atoms with Crippen LogP contribution in [0.3, 0.4) is 0 Å². The second-order valence-electron chi connectivity index (χ2n) is 1.12. The van der Waals surface area contributed by atoms with E-state index in [9.17, 15) is 5.21 Å². The van der Waals surface area contributed by atoms with Crippen molar-refractivity contribution in [1.29, 1.82) is 0 Å². The monoisotopic (exact) mass is 154 g/mol. The van der Waals surface area contributed by atoms with Gasteiger partial charge >= 0.3 is 0 Å². The first kappa shape index (κ1) is 7.37. The van der Waals surface area contributed by atoms with Gasteiger partial charge in [-0.15, -0.1) is 0 Å². The molecule has 0 spiro atoms. The standard InChI is InChI=1S/C4H4N2O.Ni/c7-6-3-1-2-5-4-6;/h1-4H;. The summed E-state index contributed by atoms with van der Waals surface area (Å²) in [6, 6.07) is 1.58. The van der Waals surface area contributed by atoms with Crippen LogP contribution in [0.2, 0.25) is 0 Å². The Hall–Kier alpha value is -0.626. The van der Waals surface area contributed by atoms with E-state index in [1.54, 1.807) is 12.3 Å². The van der Waals surface area contributed by atoms with Crippen molar-refractivity contribution in [3.63, 3.8) is 0 Å². The van der Waals surface area contributed by atoms with Gasteiger partial charge in [0, 0.05) is 22.6 Å². The number of hydrogen-bond donors (Lipinski definition) is 0. The zero-order valence-corrected chi connectivity index (χ0v) is 4.92. The zero-order chi connectivity index (χ0) is 5.11. The van der Waals surface area contributed by atoms with Gasteiger partial charge in [0.25, 0.3) is 6.33 Å². The quantitative estimate of drug-likeness (QED) is 0.293. The minimum atomic E-state index is 0. The molecule has 0 amide bonds. The first-order valence-corrected chi connectivity index (χ1v) is 1.88. The zero-order valence-electron chi connectivity index (χ0n) is 3.93. The fourth-order valence-corrected chi connectivity index (χ4v) is 0.316. The van der Waals surface area contributed by atoms with Gasteiger partial charge < -0.3 is 5.21 Å². The summed E-state index contributed by atoms with van der Waals surface area (Å²) in [5.74, 6) is 0. The second-order valence-corrected chi connectivity index (χ2v) is 1.12. The Labute approximate surface area is 56.9 Å². The average molecular weight is 155 g/mol. The van der Waals surface area contributed by atoms with Gasteiger partial charge in [-0.3, -0.25) is 0 Å². The molecule has 1 rings (SSSR count). The van der Waals surface area contributed by atoms with Gasteiger partial charge in [0.1, 0.15) is 6.20 Å². The largest absolute Gasteiger partial charge is 0.711 e. The topological polar surface area (TPSA) is 39.8 Å². The molecule has 3 nitrogen and oxygen atoms in total. The van der Waals surface area contributed by atoms with Crippen LogP contribution in [0.15, 0.2) is 24.8 Å². The average Bonchev–Trinajstić information content (AvgIpc) is 1.69. The minimum absolute atomic E-state index is 0. The third kappa shape index (κ3) is 1.89. The van der Waals surface area contributed by atoms with Crippen molar-refractivity contribution in [2.24, 2.45) is 0 Å². The van der Waals surface area contributed by atoms with Gasteiger partial charge in [0.2, 0.25) is 0 Å². The van der Waals surface area contributed by atoms with Crippen LogP contribution in [0.1, 0.15) is 0 Å². The van der Waals surface area contributed by atoms with Gasteiger partial charge in [-0.2, -0.15) is 0 Å². The summed E-state index contributed by atoms with van der Waals surface area (Å²) < 4.78 is 0.639. The van der Waals surface area contributed by atoms with E-state index in [-0.39, 0.29) is 16.5 Å². The molecular formula is C4H4N2NiO. The van der Waals surface area contributed by atoms with E-state index in [0.29, 0.717) is 4.73 Å². The Morgan fingerprint density at radius 3 is 2.50 bits per heavy atom. The van der Waals surface area contributed by atoms with E-state index < -0.39 is 0 Å². The Kier molecular flexibility index (Phi) is 3.12. The van der Waals surface area contributed by atoms with Crippen LogP contribution in [0.25, 0.3) is 0 Å². The van der Waals surface area contributed by atoms with Gasteiger partial charge in [-0.05, 0) is 0 Å². The summed E-state index contributed by atoms with van der Waals surface area (Å²) in [6.07, 6.45) is 4.13. The van der Waals surface area contributed by atoms with Crippen LogP contribution >= 0.6 is 0 Å². The van der Waals surface area contributed by atoms with Crippen molar-refractivity contribution >= 4 is 0 Å². The van der Waals surface area contributed by atoms with E-state index in [1.807, 2.05) is 0 Å². The Bertz CT molecular complexity index is 144. The fourth-order valence-electron chi connectivity index (χ4n) is 0.316. The van der Waals surface area contributed by atoms with Gasteiger partial charge in [-0.1, -0.05) is 4.98 Å². The molecule has 1 heterocycles. The van der Waals surface area contributed by atoms with Crippen LogP contribution in [-0.2, 0) is 16.5 Å². The third-order valence-corrected chi connectivity index (χ3v) is 0.586. The maximum atomic E-state index is 10.1. The Morgan fingerprint density at radius 2 is 2.25 bits per heavy atom. The molecule has 0 bridgehead atoms. The molecule has 0 fully saturated rings. The molecule has 0 aliphatic heterocycles. The maximum Gasteiger partial charge on any atom is 0.289 e. The van der Waals surface area contributed by atoms with E-state index in [1.165, 1.54) is 12.5 Å². The molecule has 0 aromatic carbocycles. The van der Waals surface area contributed by atoms with Crippen molar-refractivity contribution < 1.29 is 21.2 Å². The van der Waals surface area contributed by atoms with Crippen LogP contribution in [0.5, 0.6) is 0 Å². The molecule has 1 aromatic heterocycles. The molecule has 0 atom stereocenters. The van der Waals surface area contributed by atoms with Crippen molar-refractivity contribution in [3.05, 3.63) is 30.0 Å². The number of rotatable bonds is 0. The third-order valence-electron chi connectivity index (χ3n) is 0.586. The predicted octanol–water partition coefficient (Wildman–Crippen LogP) is -0.287. The first-order chi connectivity index (χ1) is 3.39. The van der Waals surface area contributed by atoms with Gasteiger partial charge in [0.15, 0.2) is 0 Å². The molecule has 8 heavy (non-hydrogen) atoms. The Morgan fingerprint density at radius 1 is 1.50 bits per heavy atom. The number of aromatic nitrogens is 2. The second kappa shape index (κ2) is 3.38. The van der Waals surface area contributed by atoms with Crippen LogP contribution in [-0.4, -0.2) is 4.98 Å². The minimum Gasteiger partial charge on any atom is -0.711 e. The maximum absolute atomic E-state index is 10.1. The molecule has 4 heteroatoms. The van der Waals surface area contributed by atoms with Crippen molar-refractivity contribution in [2.45, 2.75) is 0 Å². The Balaban J connectivity index is 0.000000490. The molecule has 46 valence electrons. The van der Waals surface area contributed by atoms with Gasteiger partial charge in [0.05, 0.1) is 6.20 Å². The smallest absolute Gasteiger partial charge is 0.289 e. The molecular weight excluding hydrogens is 151 g/mol. The molecule has 0 N–H and O–H groups in total. The van der Waals surface area contributed by atoms with Gasteiger partial charge in [-0.25, -0.2) is 4.73 Å². The summed E-state index contributed by atoms with van der Waals surface area (Å²) in [5.41, 5.74) is 0. The fraction of sp³-hybridized carbons (Fsp3) is 0. The van der Waals surface area contributed by atoms with Crippen molar-refractivity contribution in [2.75, 3.05) is 0 Å². The van der Waals surface area contributed by atoms with E-state index >= 15 is 0 Å². The number of hydrogen-bond acceptors (Lipinski definition) is 2. The number of nitrogens with zero attached hydrogens (tertiary/aromatic N) is 2. The summed E-state index contributed by atoms with van der Waals surface area (Å²) >= 11 is 0. The van der Waals surface area contributed by atoms with E-state index in [0.717, 1.165) is 0 Å². The summed E-state index contributed by atoms with van der Waals surface area (Å²) in [5, 5.41) is 10.1. The molecule has 0 aliphatic rings. The summed E-state index contributed by atoms with van der Waals surface area (Å²) in [6.45, 7) is 0. The molecule has 0 aliphatic carbocycles. The predicted molar refractivity (Wildman–Crippen MR) is 23.2 cm³/mol. The first-order valence-electron chi connectivity index (χ1n) is 1.88. The normalized spacial score (nSPS) is 7.50. The molecule has 0 radical (unpaired) electrons. The van der Waals surface area contributed by atoms with Crippen molar-refractivity contribution in [3.8, 4) is 0 Å². The SMILES string of the molecule is [Ni].[O-][n+]1cccnc1. The van der Waals surface area contributed by atoms with Crippen LogP contribution < -0.4 is 4.73 Å². The summed E-state index contributed by atoms with van der Waals surface area (Å²) in [7, 11) is 0. The van der Waals surface area contributed by atoms with E-state index in [4.69, 9.17) is 0 Å².